The molecular formula is C11H19N3O2. The molecule has 0 aromatic carbocycles. The van der Waals surface area contributed by atoms with Crippen molar-refractivity contribution in [3.63, 3.8) is 0 Å². The maximum Gasteiger partial charge on any atom is 0.346 e. The highest BCUT2D eigenvalue weighted by molar-refractivity contribution is 6.05. The van der Waals surface area contributed by atoms with Crippen LogP contribution in [0.5, 0.6) is 0 Å². The van der Waals surface area contributed by atoms with E-state index >= 15 is 0 Å². The van der Waals surface area contributed by atoms with E-state index in [1.54, 1.807) is 12.0 Å². The Morgan fingerprint density at radius 2 is 2.19 bits per heavy atom. The number of hydrogen-bond acceptors (Lipinski definition) is 3. The van der Waals surface area contributed by atoms with Gasteiger partial charge >= 0.3 is 6.03 Å². The molecule has 1 spiro atoms. The number of hydrogen-bond donors (Lipinski definition) is 1. The number of amides is 2. The molecule has 2 N–H and O–H groups in total. The second kappa shape index (κ2) is 4.05. The molecule has 0 atom stereocenters. The fourth-order valence-electron chi connectivity index (χ4n) is 2.86. The summed E-state index contributed by atoms with van der Waals surface area (Å²) in [7, 11) is 1.73. The largest absolute Gasteiger partial charge is 0.385 e. The maximum absolute atomic E-state index is 11.7. The summed E-state index contributed by atoms with van der Waals surface area (Å²) in [6.45, 7) is 2.64. The number of rotatable bonds is 2. The van der Waals surface area contributed by atoms with Gasteiger partial charge in [0.15, 0.2) is 0 Å². The summed E-state index contributed by atoms with van der Waals surface area (Å²) >= 11 is 0. The Bertz CT molecular complexity index is 319. The van der Waals surface area contributed by atoms with Crippen molar-refractivity contribution in [2.24, 2.45) is 10.7 Å². The van der Waals surface area contributed by atoms with E-state index in [0.717, 1.165) is 25.7 Å². The quantitative estimate of drug-likeness (QED) is 0.766. The van der Waals surface area contributed by atoms with Gasteiger partial charge < -0.3 is 15.4 Å². The van der Waals surface area contributed by atoms with Gasteiger partial charge in [-0.1, -0.05) is 0 Å². The maximum atomic E-state index is 11.7. The fourth-order valence-corrected chi connectivity index (χ4v) is 2.86. The molecule has 2 amide bonds. The summed E-state index contributed by atoms with van der Waals surface area (Å²) in [6, 6.07) is -0.184. The minimum Gasteiger partial charge on any atom is -0.385 e. The van der Waals surface area contributed by atoms with E-state index in [1.807, 2.05) is 6.92 Å². The molecule has 1 aliphatic heterocycles. The Hall–Kier alpha value is -1.10. The number of ether oxygens (including phenoxy) is 1. The highest BCUT2D eigenvalue weighted by atomic mass is 16.5. The highest BCUT2D eigenvalue weighted by Gasteiger charge is 2.49. The molecule has 1 heterocycles. The van der Waals surface area contributed by atoms with Crippen LogP contribution in [-0.4, -0.2) is 42.1 Å². The van der Waals surface area contributed by atoms with Crippen molar-refractivity contribution < 1.29 is 9.53 Å². The van der Waals surface area contributed by atoms with Crippen LogP contribution in [-0.2, 0) is 4.74 Å². The Labute approximate surface area is 95.6 Å². The molecule has 0 radical (unpaired) electrons. The van der Waals surface area contributed by atoms with E-state index in [2.05, 4.69) is 4.99 Å². The lowest BCUT2D eigenvalue weighted by Gasteiger charge is -2.42. The van der Waals surface area contributed by atoms with Crippen LogP contribution >= 0.6 is 0 Å². The minimum absolute atomic E-state index is 0.184. The second-order valence-electron chi connectivity index (χ2n) is 4.49. The Morgan fingerprint density at radius 1 is 1.56 bits per heavy atom. The fraction of sp³-hybridized carbons (Fsp3) is 0.818. The van der Waals surface area contributed by atoms with Crippen LogP contribution in [0.2, 0.25) is 0 Å². The predicted molar refractivity (Wildman–Crippen MR) is 61.4 cm³/mol. The first-order valence-corrected chi connectivity index (χ1v) is 5.83. The number of carbonyl (C=O) groups is 1. The molecule has 0 bridgehead atoms. The molecule has 90 valence electrons. The van der Waals surface area contributed by atoms with Crippen LogP contribution in [0.25, 0.3) is 0 Å². The predicted octanol–water partition coefficient (Wildman–Crippen LogP) is 1.13. The molecule has 0 saturated heterocycles. The third kappa shape index (κ3) is 1.50. The van der Waals surface area contributed by atoms with Gasteiger partial charge in [0.05, 0.1) is 6.10 Å². The average Bonchev–Trinajstić information content (AvgIpc) is 2.52. The number of aliphatic imine (C=N–C) groups is 1. The first-order valence-electron chi connectivity index (χ1n) is 5.83. The van der Waals surface area contributed by atoms with E-state index in [1.165, 1.54) is 0 Å². The first-order chi connectivity index (χ1) is 7.64. The molecule has 5 heteroatoms. The number of nitrogens with zero attached hydrogens (tertiary/aromatic N) is 2. The summed E-state index contributed by atoms with van der Waals surface area (Å²) < 4.78 is 5.34. The minimum atomic E-state index is -0.319. The highest BCUT2D eigenvalue weighted by Crippen LogP contribution is 2.38. The normalized spacial score (nSPS) is 34.6. The van der Waals surface area contributed by atoms with Crippen LogP contribution in [0.15, 0.2) is 4.99 Å². The van der Waals surface area contributed by atoms with Gasteiger partial charge in [-0.25, -0.2) is 4.79 Å². The standard InChI is InChI=1S/C11H19N3O2/c1-3-14-10(15)13-9(12)11(14)6-4-8(16-2)5-7-11/h8H,3-7H2,1-2H3,(H2,12,13,15). The number of urea groups is 1. The van der Waals surface area contributed by atoms with Gasteiger partial charge in [0.25, 0.3) is 0 Å². The van der Waals surface area contributed by atoms with Crippen LogP contribution in [0.3, 0.4) is 0 Å². The van der Waals surface area contributed by atoms with Crippen LogP contribution in [0, 0.1) is 0 Å². The lowest BCUT2D eigenvalue weighted by molar-refractivity contribution is 0.0352. The van der Waals surface area contributed by atoms with Gasteiger partial charge in [-0.15, -0.1) is 0 Å². The third-order valence-electron chi connectivity index (χ3n) is 3.85. The van der Waals surface area contributed by atoms with Crippen molar-refractivity contribution in [2.45, 2.75) is 44.2 Å². The Balaban J connectivity index is 2.18. The molecule has 0 aromatic rings. The Kier molecular flexibility index (Phi) is 2.88. The van der Waals surface area contributed by atoms with Gasteiger partial charge in [-0.3, -0.25) is 0 Å². The van der Waals surface area contributed by atoms with E-state index in [-0.39, 0.29) is 11.6 Å². The number of methoxy groups -OCH3 is 1. The Morgan fingerprint density at radius 3 is 2.69 bits per heavy atom. The summed E-state index contributed by atoms with van der Waals surface area (Å²) in [4.78, 5) is 17.4. The van der Waals surface area contributed by atoms with Gasteiger partial charge in [-0.05, 0) is 32.6 Å². The zero-order chi connectivity index (χ0) is 11.8. The van der Waals surface area contributed by atoms with Crippen molar-refractivity contribution in [1.29, 1.82) is 0 Å². The monoisotopic (exact) mass is 225 g/mol. The van der Waals surface area contributed by atoms with Crippen molar-refractivity contribution in [3.05, 3.63) is 0 Å². The summed E-state index contributed by atoms with van der Waals surface area (Å²) in [5, 5.41) is 0. The molecule has 16 heavy (non-hydrogen) atoms. The zero-order valence-corrected chi connectivity index (χ0v) is 9.90. The number of carbonyl (C=O) groups excluding carboxylic acids is 1. The van der Waals surface area contributed by atoms with Crippen molar-refractivity contribution in [1.82, 2.24) is 4.90 Å². The summed E-state index contributed by atoms with van der Waals surface area (Å²) in [6.07, 6.45) is 3.90. The molecule has 1 aliphatic carbocycles. The van der Waals surface area contributed by atoms with Crippen molar-refractivity contribution in [3.8, 4) is 0 Å². The second-order valence-corrected chi connectivity index (χ2v) is 4.49. The SMILES string of the molecule is CCN1C(=O)N=C(N)C12CCC(OC)CC2. The average molecular weight is 225 g/mol. The lowest BCUT2D eigenvalue weighted by Crippen LogP contribution is -2.56. The third-order valence-corrected chi connectivity index (χ3v) is 3.85. The molecular weight excluding hydrogens is 206 g/mol. The van der Waals surface area contributed by atoms with E-state index in [4.69, 9.17) is 10.5 Å². The van der Waals surface area contributed by atoms with Crippen LogP contribution in [0.4, 0.5) is 4.79 Å². The molecule has 1 saturated carbocycles. The van der Waals surface area contributed by atoms with E-state index in [9.17, 15) is 4.79 Å². The van der Waals surface area contributed by atoms with Gasteiger partial charge in [0, 0.05) is 13.7 Å². The summed E-state index contributed by atoms with van der Waals surface area (Å²) in [5.74, 6) is 0.494. The first kappa shape index (κ1) is 11.4. The number of nitrogens with two attached hydrogens (primary N) is 1. The zero-order valence-electron chi connectivity index (χ0n) is 9.90. The van der Waals surface area contributed by atoms with Gasteiger partial charge in [-0.2, -0.15) is 4.99 Å². The topological polar surface area (TPSA) is 67.9 Å². The van der Waals surface area contributed by atoms with E-state index < -0.39 is 0 Å². The number of likely N-dealkylation sites (N-methyl/N-ethyl adjacent to an activating group) is 1. The molecule has 0 aromatic heterocycles. The van der Waals surface area contributed by atoms with Crippen molar-refractivity contribution >= 4 is 11.9 Å². The van der Waals surface area contributed by atoms with Crippen molar-refractivity contribution in [2.75, 3.05) is 13.7 Å². The molecule has 1 fully saturated rings. The molecule has 2 rings (SSSR count). The van der Waals surface area contributed by atoms with E-state index in [0.29, 0.717) is 18.5 Å². The van der Waals surface area contributed by atoms with Gasteiger partial charge in [0.2, 0.25) is 0 Å². The smallest absolute Gasteiger partial charge is 0.346 e. The molecule has 0 unspecified atom stereocenters. The van der Waals surface area contributed by atoms with Gasteiger partial charge in [0.1, 0.15) is 11.4 Å². The number of amidine groups is 1. The molecule has 5 nitrogen and oxygen atoms in total. The van der Waals surface area contributed by atoms with Crippen LogP contribution in [0.1, 0.15) is 32.6 Å². The molecule has 2 aliphatic rings. The lowest BCUT2D eigenvalue weighted by atomic mass is 9.79. The van der Waals surface area contributed by atoms with Crippen LogP contribution < -0.4 is 5.73 Å². The summed E-state index contributed by atoms with van der Waals surface area (Å²) in [5.41, 5.74) is 5.62.